The van der Waals surface area contributed by atoms with Gasteiger partial charge in [-0.2, -0.15) is 0 Å². The van der Waals surface area contributed by atoms with E-state index in [0.29, 0.717) is 58.6 Å². The van der Waals surface area contributed by atoms with Crippen molar-refractivity contribution in [2.24, 2.45) is 0 Å². The zero-order valence-electron chi connectivity index (χ0n) is 22.1. The number of fused-ring (bicyclic) bond motifs is 1. The lowest BCUT2D eigenvalue weighted by Gasteiger charge is -2.37. The molecule has 2 amide bonds. The number of benzene rings is 2. The zero-order chi connectivity index (χ0) is 27.9. The van der Waals surface area contributed by atoms with Gasteiger partial charge in [0.05, 0.1) is 30.5 Å². The number of likely N-dealkylation sites (tertiary alicyclic amines) is 1. The van der Waals surface area contributed by atoms with Gasteiger partial charge < -0.3 is 24.4 Å². The summed E-state index contributed by atoms with van der Waals surface area (Å²) < 4.78 is 32.1. The number of hydrogen-bond donors (Lipinski definition) is 1. The molecule has 1 aromatic heterocycles. The molecule has 206 valence electrons. The number of nitrogens with zero attached hydrogens (tertiary/aromatic N) is 4. The SMILES string of the molecule is COc1cc2ncnc(Nc3ccc(Br)cc3F)c2cc1N1CC2(CCN(C(=O)OC(C)(C)C)CC2)OC1=O. The average molecular weight is 602 g/mol. The number of piperidine rings is 1. The third kappa shape index (κ3) is 5.56. The van der Waals surface area contributed by atoms with Crippen LogP contribution in [0.1, 0.15) is 33.6 Å². The molecule has 0 saturated carbocycles. The van der Waals surface area contributed by atoms with E-state index in [4.69, 9.17) is 14.2 Å². The molecule has 10 nitrogen and oxygen atoms in total. The molecule has 3 heterocycles. The van der Waals surface area contributed by atoms with Gasteiger partial charge in [0.25, 0.3) is 0 Å². The highest BCUT2D eigenvalue weighted by Gasteiger charge is 2.49. The molecule has 0 atom stereocenters. The Morgan fingerprint density at radius 1 is 1.18 bits per heavy atom. The first-order valence-electron chi connectivity index (χ1n) is 12.5. The Morgan fingerprint density at radius 3 is 2.59 bits per heavy atom. The van der Waals surface area contributed by atoms with Crippen molar-refractivity contribution in [3.8, 4) is 5.75 Å². The Kier molecular flexibility index (Phi) is 7.00. The molecule has 0 unspecified atom stereocenters. The number of nitrogens with one attached hydrogen (secondary N) is 1. The van der Waals surface area contributed by atoms with Crippen LogP contribution in [0.15, 0.2) is 41.1 Å². The van der Waals surface area contributed by atoms with Crippen LogP contribution in [0.2, 0.25) is 0 Å². The fourth-order valence-corrected chi connectivity index (χ4v) is 5.09. The van der Waals surface area contributed by atoms with Crippen molar-refractivity contribution < 1.29 is 28.2 Å². The van der Waals surface area contributed by atoms with Gasteiger partial charge in [-0.3, -0.25) is 4.90 Å². The Morgan fingerprint density at radius 2 is 1.92 bits per heavy atom. The van der Waals surface area contributed by atoms with Crippen LogP contribution >= 0.6 is 15.9 Å². The topological polar surface area (TPSA) is 106 Å². The van der Waals surface area contributed by atoms with Gasteiger partial charge in [-0.05, 0) is 45.0 Å². The fraction of sp³-hybridized carbons (Fsp3) is 0.407. The Balaban J connectivity index is 1.41. The fourth-order valence-electron chi connectivity index (χ4n) is 4.76. The van der Waals surface area contributed by atoms with Gasteiger partial charge in [0.1, 0.15) is 34.9 Å². The van der Waals surface area contributed by atoms with E-state index in [0.717, 1.165) is 0 Å². The van der Waals surface area contributed by atoms with Crippen LogP contribution in [-0.4, -0.2) is 65.0 Å². The van der Waals surface area contributed by atoms with Crippen molar-refractivity contribution in [3.63, 3.8) is 0 Å². The predicted molar refractivity (Wildman–Crippen MR) is 147 cm³/mol. The maximum absolute atomic E-state index is 14.5. The van der Waals surface area contributed by atoms with E-state index >= 15 is 0 Å². The van der Waals surface area contributed by atoms with Gasteiger partial charge in [0.2, 0.25) is 0 Å². The molecule has 2 aliphatic heterocycles. The number of anilines is 3. The lowest BCUT2D eigenvalue weighted by atomic mass is 9.91. The molecule has 1 N–H and O–H groups in total. The second-order valence-electron chi connectivity index (χ2n) is 10.6. The van der Waals surface area contributed by atoms with Crippen molar-refractivity contribution in [3.05, 3.63) is 46.9 Å². The second kappa shape index (κ2) is 10.1. The van der Waals surface area contributed by atoms with Crippen LogP contribution in [0.5, 0.6) is 5.75 Å². The molecular formula is C27H29BrFN5O5. The molecule has 1 spiro atoms. The summed E-state index contributed by atoms with van der Waals surface area (Å²) in [7, 11) is 1.51. The molecule has 2 fully saturated rings. The van der Waals surface area contributed by atoms with E-state index in [9.17, 15) is 14.0 Å². The highest BCUT2D eigenvalue weighted by Crippen LogP contribution is 2.42. The van der Waals surface area contributed by atoms with Crippen molar-refractivity contribution in [2.75, 3.05) is 37.0 Å². The van der Waals surface area contributed by atoms with E-state index in [1.54, 1.807) is 29.2 Å². The van der Waals surface area contributed by atoms with Crippen LogP contribution in [0, 0.1) is 5.82 Å². The number of aromatic nitrogens is 2. The van der Waals surface area contributed by atoms with E-state index < -0.39 is 23.1 Å². The van der Waals surface area contributed by atoms with Gasteiger partial charge >= 0.3 is 12.2 Å². The van der Waals surface area contributed by atoms with Crippen LogP contribution in [0.4, 0.5) is 31.2 Å². The summed E-state index contributed by atoms with van der Waals surface area (Å²) >= 11 is 3.26. The summed E-state index contributed by atoms with van der Waals surface area (Å²) in [6.45, 7) is 6.58. The van der Waals surface area contributed by atoms with Crippen LogP contribution in [0.3, 0.4) is 0 Å². The summed E-state index contributed by atoms with van der Waals surface area (Å²) in [5.74, 6) is 0.355. The second-order valence-corrected chi connectivity index (χ2v) is 11.5. The standard InChI is InChI=1S/C27H29BrFN5O5/c1-26(2,3)38-24(35)33-9-7-27(8-10-33)14-34(25(36)39-27)21-12-17-20(13-22(21)37-4)30-15-31-23(17)32-19-6-5-16(28)11-18(19)29/h5-6,11-13,15H,7-10,14H2,1-4H3,(H,30,31,32). The average Bonchev–Trinajstić information content (AvgIpc) is 3.19. The summed E-state index contributed by atoms with van der Waals surface area (Å²) in [6.07, 6.45) is 1.44. The largest absolute Gasteiger partial charge is 0.494 e. The van der Waals surface area contributed by atoms with Gasteiger partial charge in [-0.25, -0.2) is 23.9 Å². The number of rotatable bonds is 4. The van der Waals surface area contributed by atoms with Crippen LogP contribution in [-0.2, 0) is 9.47 Å². The molecule has 5 rings (SSSR count). The van der Waals surface area contributed by atoms with Crippen molar-refractivity contribution in [1.82, 2.24) is 14.9 Å². The Bertz CT molecular complexity index is 1440. The molecule has 2 saturated heterocycles. The van der Waals surface area contributed by atoms with E-state index in [1.807, 2.05) is 20.8 Å². The first-order valence-corrected chi connectivity index (χ1v) is 13.3. The van der Waals surface area contributed by atoms with Crippen LogP contribution < -0.4 is 15.0 Å². The van der Waals surface area contributed by atoms with Gasteiger partial charge in [0, 0.05) is 41.9 Å². The third-order valence-electron chi connectivity index (χ3n) is 6.71. The highest BCUT2D eigenvalue weighted by molar-refractivity contribution is 9.10. The van der Waals surface area contributed by atoms with Gasteiger partial charge in [-0.15, -0.1) is 0 Å². The molecule has 2 aromatic carbocycles. The number of methoxy groups -OCH3 is 1. The first-order chi connectivity index (χ1) is 18.5. The van der Waals surface area contributed by atoms with Crippen LogP contribution in [0.25, 0.3) is 10.9 Å². The molecule has 2 aliphatic rings. The lowest BCUT2D eigenvalue weighted by molar-refractivity contribution is -0.0167. The molecule has 39 heavy (non-hydrogen) atoms. The molecular weight excluding hydrogens is 573 g/mol. The number of hydrogen-bond acceptors (Lipinski definition) is 8. The summed E-state index contributed by atoms with van der Waals surface area (Å²) in [5, 5.41) is 3.60. The number of ether oxygens (including phenoxy) is 3. The third-order valence-corrected chi connectivity index (χ3v) is 7.20. The molecule has 12 heteroatoms. The number of carbonyl (C=O) groups is 2. The minimum absolute atomic E-state index is 0.242. The monoisotopic (exact) mass is 601 g/mol. The maximum Gasteiger partial charge on any atom is 0.415 e. The normalized spacial score (nSPS) is 16.9. The van der Waals surface area contributed by atoms with E-state index in [-0.39, 0.29) is 18.3 Å². The molecule has 3 aromatic rings. The number of halogens is 2. The maximum atomic E-state index is 14.5. The number of amides is 2. The Hall–Kier alpha value is -3.67. The number of carbonyl (C=O) groups excluding carboxylic acids is 2. The minimum Gasteiger partial charge on any atom is -0.494 e. The minimum atomic E-state index is -0.746. The lowest BCUT2D eigenvalue weighted by Crippen LogP contribution is -2.49. The van der Waals surface area contributed by atoms with Crippen molar-refractivity contribution >= 4 is 56.2 Å². The predicted octanol–water partition coefficient (Wildman–Crippen LogP) is 6.01. The van der Waals surface area contributed by atoms with Crippen molar-refractivity contribution in [2.45, 2.75) is 44.8 Å². The summed E-state index contributed by atoms with van der Waals surface area (Å²) in [4.78, 5) is 37.5. The van der Waals surface area contributed by atoms with E-state index in [1.165, 1.54) is 24.4 Å². The van der Waals surface area contributed by atoms with Gasteiger partial charge in [-0.1, -0.05) is 15.9 Å². The molecule has 0 aliphatic carbocycles. The zero-order valence-corrected chi connectivity index (χ0v) is 23.7. The molecule has 0 bridgehead atoms. The summed E-state index contributed by atoms with van der Waals surface area (Å²) in [5.41, 5.74) is -0.0542. The Labute approximate surface area is 233 Å². The molecule has 0 radical (unpaired) electrons. The summed E-state index contributed by atoms with van der Waals surface area (Å²) in [6, 6.07) is 8.12. The van der Waals surface area contributed by atoms with E-state index in [2.05, 4.69) is 31.2 Å². The smallest absolute Gasteiger partial charge is 0.415 e. The quantitative estimate of drug-likeness (QED) is 0.387. The highest BCUT2D eigenvalue weighted by atomic mass is 79.9. The van der Waals surface area contributed by atoms with Gasteiger partial charge in [0.15, 0.2) is 0 Å². The first kappa shape index (κ1) is 26.9. The van der Waals surface area contributed by atoms with Crippen molar-refractivity contribution in [1.29, 1.82) is 0 Å².